The van der Waals surface area contributed by atoms with Crippen molar-refractivity contribution in [1.82, 2.24) is 5.32 Å². The summed E-state index contributed by atoms with van der Waals surface area (Å²) in [6.45, 7) is 2.30. The number of nitrogens with one attached hydrogen (secondary N) is 1. The zero-order valence-corrected chi connectivity index (χ0v) is 8.79. The van der Waals surface area contributed by atoms with Crippen LogP contribution in [0.1, 0.15) is 19.3 Å². The highest BCUT2D eigenvalue weighted by Gasteiger charge is 2.35. The van der Waals surface area contributed by atoms with Crippen molar-refractivity contribution in [1.29, 1.82) is 0 Å². The maximum atomic E-state index is 5.98. The van der Waals surface area contributed by atoms with Gasteiger partial charge in [-0.2, -0.15) is 0 Å². The van der Waals surface area contributed by atoms with E-state index in [1.165, 1.54) is 25.8 Å². The highest BCUT2D eigenvalue weighted by Crippen LogP contribution is 2.39. The molecule has 0 amide bonds. The Morgan fingerprint density at radius 1 is 1.08 bits per heavy atom. The summed E-state index contributed by atoms with van der Waals surface area (Å²) < 4.78 is 0. The van der Waals surface area contributed by atoms with Crippen LogP contribution in [0.5, 0.6) is 0 Å². The van der Waals surface area contributed by atoms with E-state index in [0.29, 0.717) is 6.04 Å². The molecule has 2 atom stereocenters. The zero-order chi connectivity index (χ0) is 6.97. The van der Waals surface area contributed by atoms with Gasteiger partial charge in [-0.25, -0.2) is 0 Å². The topological polar surface area (TPSA) is 38.0 Å². The first-order chi connectivity index (χ1) is 4.88. The molecule has 2 rings (SSSR count). The maximum Gasteiger partial charge on any atom is 0.00940 e. The average Bonchev–Trinajstić information content (AvgIpc) is 2.71. The van der Waals surface area contributed by atoms with Crippen molar-refractivity contribution in [2.45, 2.75) is 25.3 Å². The molecular weight excluding hydrogens is 195 g/mol. The minimum atomic E-state index is 0. The summed E-state index contributed by atoms with van der Waals surface area (Å²) in [5.41, 5.74) is 5.98. The number of hydrogen-bond donors (Lipinski definition) is 2. The lowest BCUT2D eigenvalue weighted by Crippen LogP contribution is -2.45. The first-order valence-corrected chi connectivity index (χ1v) is 4.34. The Morgan fingerprint density at radius 2 is 1.75 bits per heavy atom. The Bertz CT molecular complexity index is 128. The maximum absolute atomic E-state index is 5.98. The van der Waals surface area contributed by atoms with E-state index < -0.39 is 0 Å². The molecule has 12 heavy (non-hydrogen) atoms. The monoisotopic (exact) mass is 212 g/mol. The van der Waals surface area contributed by atoms with Crippen molar-refractivity contribution in [3.05, 3.63) is 0 Å². The lowest BCUT2D eigenvalue weighted by atomic mass is 9.90. The van der Waals surface area contributed by atoms with E-state index in [0.717, 1.165) is 18.4 Å². The predicted molar refractivity (Wildman–Crippen MR) is 56.2 cm³/mol. The van der Waals surface area contributed by atoms with E-state index in [4.69, 9.17) is 5.73 Å². The molecule has 0 bridgehead atoms. The molecule has 2 nitrogen and oxygen atoms in total. The van der Waals surface area contributed by atoms with Crippen LogP contribution in [0.25, 0.3) is 0 Å². The normalized spacial score (nSPS) is 34.8. The Kier molecular flexibility index (Phi) is 5.50. The van der Waals surface area contributed by atoms with Gasteiger partial charge in [-0.05, 0) is 44.2 Å². The molecule has 0 aromatic rings. The van der Waals surface area contributed by atoms with Crippen molar-refractivity contribution in [3.8, 4) is 0 Å². The molecule has 4 heteroatoms. The van der Waals surface area contributed by atoms with Crippen LogP contribution in [-0.2, 0) is 0 Å². The van der Waals surface area contributed by atoms with Gasteiger partial charge in [-0.15, -0.1) is 24.8 Å². The third kappa shape index (κ3) is 2.77. The first kappa shape index (κ1) is 12.5. The Morgan fingerprint density at radius 3 is 2.25 bits per heavy atom. The molecular formula is C8H18Cl2N2. The predicted octanol–water partition coefficient (Wildman–Crippen LogP) is 1.18. The van der Waals surface area contributed by atoms with Crippen LogP contribution >= 0.6 is 24.8 Å². The van der Waals surface area contributed by atoms with Gasteiger partial charge in [0.2, 0.25) is 0 Å². The second kappa shape index (κ2) is 5.28. The Hall–Kier alpha value is 0.500. The first-order valence-electron chi connectivity index (χ1n) is 4.34. The fourth-order valence-corrected chi connectivity index (χ4v) is 1.94. The van der Waals surface area contributed by atoms with E-state index in [2.05, 4.69) is 5.32 Å². The lowest BCUT2D eigenvalue weighted by Gasteiger charge is -2.29. The number of rotatable bonds is 1. The molecule has 0 aromatic carbocycles. The molecule has 0 spiro atoms. The molecule has 1 aliphatic heterocycles. The van der Waals surface area contributed by atoms with Crippen LogP contribution in [0.3, 0.4) is 0 Å². The Labute approximate surface area is 86.5 Å². The summed E-state index contributed by atoms with van der Waals surface area (Å²) in [5.74, 6) is 1.77. The summed E-state index contributed by atoms with van der Waals surface area (Å²) >= 11 is 0. The van der Waals surface area contributed by atoms with Gasteiger partial charge in [-0.3, -0.25) is 0 Å². The second-order valence-corrected chi connectivity index (χ2v) is 3.66. The minimum absolute atomic E-state index is 0. The van der Waals surface area contributed by atoms with Crippen molar-refractivity contribution in [3.63, 3.8) is 0 Å². The highest BCUT2D eigenvalue weighted by atomic mass is 35.5. The van der Waals surface area contributed by atoms with Crippen LogP contribution < -0.4 is 11.1 Å². The van der Waals surface area contributed by atoms with Crippen LogP contribution in [-0.4, -0.2) is 19.1 Å². The molecule has 1 saturated heterocycles. The van der Waals surface area contributed by atoms with E-state index in [1.54, 1.807) is 0 Å². The summed E-state index contributed by atoms with van der Waals surface area (Å²) in [6.07, 6.45) is 4.04. The van der Waals surface area contributed by atoms with Gasteiger partial charge in [0.15, 0.2) is 0 Å². The van der Waals surface area contributed by atoms with Crippen molar-refractivity contribution in [2.24, 2.45) is 17.6 Å². The van der Waals surface area contributed by atoms with Crippen LogP contribution in [0, 0.1) is 11.8 Å². The molecule has 74 valence electrons. The van der Waals surface area contributed by atoms with Gasteiger partial charge in [0.1, 0.15) is 0 Å². The van der Waals surface area contributed by atoms with Gasteiger partial charge in [0, 0.05) is 6.04 Å². The molecule has 0 radical (unpaired) electrons. The van der Waals surface area contributed by atoms with Crippen LogP contribution in [0.4, 0.5) is 0 Å². The number of nitrogens with two attached hydrogens (primary N) is 1. The molecule has 0 unspecified atom stereocenters. The molecule has 2 aliphatic rings. The summed E-state index contributed by atoms with van der Waals surface area (Å²) in [7, 11) is 0. The molecule has 0 aromatic heterocycles. The largest absolute Gasteiger partial charge is 0.327 e. The third-order valence-electron chi connectivity index (χ3n) is 2.81. The summed E-state index contributed by atoms with van der Waals surface area (Å²) in [5, 5.41) is 3.41. The summed E-state index contributed by atoms with van der Waals surface area (Å²) in [6, 6.07) is 0.494. The van der Waals surface area contributed by atoms with Crippen LogP contribution in [0.15, 0.2) is 0 Å². The molecule has 1 aliphatic carbocycles. The molecule has 2 fully saturated rings. The van der Waals surface area contributed by atoms with E-state index in [-0.39, 0.29) is 24.8 Å². The average molecular weight is 213 g/mol. The van der Waals surface area contributed by atoms with Crippen LogP contribution in [0.2, 0.25) is 0 Å². The molecule has 3 N–H and O–H groups in total. The fourth-order valence-electron chi connectivity index (χ4n) is 1.94. The van der Waals surface area contributed by atoms with E-state index in [9.17, 15) is 0 Å². The van der Waals surface area contributed by atoms with Gasteiger partial charge in [0.05, 0.1) is 0 Å². The van der Waals surface area contributed by atoms with E-state index in [1.807, 2.05) is 0 Å². The standard InChI is InChI=1S/C8H16N2.2ClH/c9-8-3-4-10-5-7(8)6-1-2-6;;/h6-8,10H,1-5,9H2;2*1H/t7-,8+;;/m0../s1. The van der Waals surface area contributed by atoms with Crippen molar-refractivity contribution < 1.29 is 0 Å². The second-order valence-electron chi connectivity index (χ2n) is 3.66. The SMILES string of the molecule is Cl.Cl.N[C@@H]1CCNC[C@H]1C1CC1. The van der Waals surface area contributed by atoms with E-state index >= 15 is 0 Å². The summed E-state index contributed by atoms with van der Waals surface area (Å²) in [4.78, 5) is 0. The molecule has 1 saturated carbocycles. The molecule has 1 heterocycles. The number of halogens is 2. The van der Waals surface area contributed by atoms with Gasteiger partial charge in [-0.1, -0.05) is 0 Å². The Balaban J connectivity index is 0.000000605. The number of piperidine rings is 1. The number of hydrogen-bond acceptors (Lipinski definition) is 2. The highest BCUT2D eigenvalue weighted by molar-refractivity contribution is 5.85. The van der Waals surface area contributed by atoms with Gasteiger partial charge in [0.25, 0.3) is 0 Å². The fraction of sp³-hybridized carbons (Fsp3) is 1.00. The van der Waals surface area contributed by atoms with Crippen molar-refractivity contribution in [2.75, 3.05) is 13.1 Å². The van der Waals surface area contributed by atoms with Gasteiger partial charge >= 0.3 is 0 Å². The third-order valence-corrected chi connectivity index (χ3v) is 2.81. The van der Waals surface area contributed by atoms with Crippen molar-refractivity contribution >= 4 is 24.8 Å². The zero-order valence-electron chi connectivity index (χ0n) is 7.16. The lowest BCUT2D eigenvalue weighted by molar-refractivity contribution is 0.294. The minimum Gasteiger partial charge on any atom is -0.327 e. The van der Waals surface area contributed by atoms with Gasteiger partial charge < -0.3 is 11.1 Å². The quantitative estimate of drug-likeness (QED) is 0.686. The smallest absolute Gasteiger partial charge is 0.00940 e.